The molecule has 1 atom stereocenters. The van der Waals surface area contributed by atoms with Crippen molar-refractivity contribution >= 4 is 0 Å². The minimum atomic E-state index is 0.418. The van der Waals surface area contributed by atoms with E-state index in [9.17, 15) is 0 Å². The van der Waals surface area contributed by atoms with E-state index < -0.39 is 0 Å². The number of nitrogens with zero attached hydrogens (tertiary/aromatic N) is 2. The first-order chi connectivity index (χ1) is 9.97. The van der Waals surface area contributed by atoms with Gasteiger partial charge in [0.2, 0.25) is 0 Å². The quantitative estimate of drug-likeness (QED) is 0.881. The van der Waals surface area contributed by atoms with Crippen LogP contribution in [0.25, 0.3) is 0 Å². The van der Waals surface area contributed by atoms with Crippen molar-refractivity contribution in [2.45, 2.75) is 52.6 Å². The molecule has 2 aromatic rings. The zero-order chi connectivity index (χ0) is 15.4. The van der Waals surface area contributed by atoms with Crippen molar-refractivity contribution in [1.82, 2.24) is 15.1 Å². The second kappa shape index (κ2) is 6.90. The Morgan fingerprint density at radius 2 is 1.76 bits per heavy atom. The van der Waals surface area contributed by atoms with Gasteiger partial charge in [-0.25, -0.2) is 0 Å². The third-order valence-electron chi connectivity index (χ3n) is 3.82. The maximum absolute atomic E-state index is 4.65. The first-order valence-corrected chi connectivity index (χ1v) is 7.76. The molecule has 0 bridgehead atoms. The van der Waals surface area contributed by atoms with E-state index in [0.717, 1.165) is 18.5 Å². The van der Waals surface area contributed by atoms with Crippen LogP contribution in [0.3, 0.4) is 0 Å². The summed E-state index contributed by atoms with van der Waals surface area (Å²) in [7, 11) is 2.03. The van der Waals surface area contributed by atoms with E-state index in [1.54, 1.807) is 0 Å². The van der Waals surface area contributed by atoms with E-state index in [1.807, 2.05) is 11.7 Å². The lowest BCUT2D eigenvalue weighted by Gasteiger charge is -2.16. The fourth-order valence-corrected chi connectivity index (χ4v) is 2.77. The molecule has 0 fully saturated rings. The van der Waals surface area contributed by atoms with E-state index >= 15 is 0 Å². The average molecular weight is 285 g/mol. The van der Waals surface area contributed by atoms with Crippen LogP contribution in [0.15, 0.2) is 30.5 Å². The summed E-state index contributed by atoms with van der Waals surface area (Å²) >= 11 is 0. The lowest BCUT2D eigenvalue weighted by Crippen LogP contribution is -2.30. The van der Waals surface area contributed by atoms with Gasteiger partial charge in [0.25, 0.3) is 0 Å². The minimum Gasteiger partial charge on any atom is -0.316 e. The highest BCUT2D eigenvalue weighted by atomic mass is 15.3. The van der Waals surface area contributed by atoms with Crippen molar-refractivity contribution in [3.63, 3.8) is 0 Å². The van der Waals surface area contributed by atoms with Gasteiger partial charge in [-0.1, -0.05) is 29.3 Å². The van der Waals surface area contributed by atoms with Crippen LogP contribution in [0.2, 0.25) is 0 Å². The Balaban J connectivity index is 2.05. The molecule has 0 spiro atoms. The van der Waals surface area contributed by atoms with E-state index in [2.05, 4.69) is 68.6 Å². The summed E-state index contributed by atoms with van der Waals surface area (Å²) in [6.45, 7) is 8.63. The molecule has 0 aliphatic heterocycles. The van der Waals surface area contributed by atoms with Crippen molar-refractivity contribution in [3.05, 3.63) is 52.8 Å². The van der Waals surface area contributed by atoms with Crippen LogP contribution < -0.4 is 5.32 Å². The molecule has 0 amide bonds. The number of hydrogen-bond acceptors (Lipinski definition) is 2. The van der Waals surface area contributed by atoms with E-state index in [1.165, 1.54) is 16.7 Å². The molecule has 1 N–H and O–H groups in total. The Kier molecular flexibility index (Phi) is 5.18. The van der Waals surface area contributed by atoms with Crippen LogP contribution in [0.1, 0.15) is 42.3 Å². The second-order valence-electron chi connectivity index (χ2n) is 6.27. The van der Waals surface area contributed by atoms with Crippen LogP contribution in [0.5, 0.6) is 0 Å². The Bertz CT molecular complexity index is 564. The average Bonchev–Trinajstić information content (AvgIpc) is 2.85. The van der Waals surface area contributed by atoms with E-state index in [4.69, 9.17) is 0 Å². The standard InChI is InChI=1S/C18H27N3/c1-13(2)21-7-6-17(20-21)12-18(19-5)11-16-9-14(3)8-15(4)10-16/h6-10,13,18-19H,11-12H2,1-5H3. The molecule has 0 aliphatic carbocycles. The maximum Gasteiger partial charge on any atom is 0.0640 e. The topological polar surface area (TPSA) is 29.9 Å². The highest BCUT2D eigenvalue weighted by molar-refractivity contribution is 5.29. The number of hydrogen-bond donors (Lipinski definition) is 1. The zero-order valence-electron chi connectivity index (χ0n) is 13.9. The smallest absolute Gasteiger partial charge is 0.0640 e. The molecule has 21 heavy (non-hydrogen) atoms. The molecule has 0 saturated heterocycles. The van der Waals surface area contributed by atoms with Gasteiger partial charge in [0.15, 0.2) is 0 Å². The largest absolute Gasteiger partial charge is 0.316 e. The maximum atomic E-state index is 4.65. The summed E-state index contributed by atoms with van der Waals surface area (Å²) in [4.78, 5) is 0. The van der Waals surface area contributed by atoms with E-state index in [0.29, 0.717) is 12.1 Å². The Morgan fingerprint density at radius 3 is 2.29 bits per heavy atom. The van der Waals surface area contributed by atoms with Gasteiger partial charge < -0.3 is 5.32 Å². The molecule has 0 aliphatic rings. The lowest BCUT2D eigenvalue weighted by molar-refractivity contribution is 0.508. The summed E-state index contributed by atoms with van der Waals surface area (Å²) < 4.78 is 2.03. The van der Waals surface area contributed by atoms with Crippen molar-refractivity contribution in [2.75, 3.05) is 7.05 Å². The molecule has 0 saturated carbocycles. The van der Waals surface area contributed by atoms with Gasteiger partial charge in [-0.05, 0) is 52.8 Å². The molecule has 1 unspecified atom stereocenters. The molecule has 1 aromatic heterocycles. The van der Waals surface area contributed by atoms with Crippen molar-refractivity contribution in [1.29, 1.82) is 0 Å². The first kappa shape index (κ1) is 15.8. The van der Waals surface area contributed by atoms with Crippen molar-refractivity contribution in [3.8, 4) is 0 Å². The summed E-state index contributed by atoms with van der Waals surface area (Å²) in [6, 6.07) is 9.76. The molecular weight excluding hydrogens is 258 g/mol. The first-order valence-electron chi connectivity index (χ1n) is 7.76. The van der Waals surface area contributed by atoms with Crippen LogP contribution in [0.4, 0.5) is 0 Å². The van der Waals surface area contributed by atoms with Gasteiger partial charge in [-0.15, -0.1) is 0 Å². The highest BCUT2D eigenvalue weighted by Crippen LogP contribution is 2.13. The number of nitrogens with one attached hydrogen (secondary N) is 1. The van der Waals surface area contributed by atoms with Crippen molar-refractivity contribution in [2.24, 2.45) is 0 Å². The summed E-state index contributed by atoms with van der Waals surface area (Å²) in [5.74, 6) is 0. The molecule has 114 valence electrons. The molecule has 3 nitrogen and oxygen atoms in total. The number of aromatic nitrogens is 2. The second-order valence-corrected chi connectivity index (χ2v) is 6.27. The third-order valence-corrected chi connectivity index (χ3v) is 3.82. The SMILES string of the molecule is CNC(Cc1cc(C)cc(C)c1)Cc1ccn(C(C)C)n1. The van der Waals surface area contributed by atoms with Crippen LogP contribution >= 0.6 is 0 Å². The Labute approximate surface area is 128 Å². The predicted molar refractivity (Wildman–Crippen MR) is 88.8 cm³/mol. The summed E-state index contributed by atoms with van der Waals surface area (Å²) in [6.07, 6.45) is 4.07. The fourth-order valence-electron chi connectivity index (χ4n) is 2.77. The molecule has 1 aromatic carbocycles. The number of rotatable bonds is 6. The fraction of sp³-hybridized carbons (Fsp3) is 0.500. The molecular formula is C18H27N3. The highest BCUT2D eigenvalue weighted by Gasteiger charge is 2.11. The third kappa shape index (κ3) is 4.43. The predicted octanol–water partition coefficient (Wildman–Crippen LogP) is 3.45. The van der Waals surface area contributed by atoms with Gasteiger partial charge in [-0.2, -0.15) is 5.10 Å². The Hall–Kier alpha value is -1.61. The van der Waals surface area contributed by atoms with Crippen molar-refractivity contribution < 1.29 is 0 Å². The normalized spacial score (nSPS) is 12.9. The minimum absolute atomic E-state index is 0.418. The van der Waals surface area contributed by atoms with Crippen LogP contribution in [-0.4, -0.2) is 22.9 Å². The van der Waals surface area contributed by atoms with E-state index in [-0.39, 0.29) is 0 Å². The molecule has 1 heterocycles. The summed E-state index contributed by atoms with van der Waals surface area (Å²) in [5.41, 5.74) is 5.23. The number of likely N-dealkylation sites (N-methyl/N-ethyl adjacent to an activating group) is 1. The van der Waals surface area contributed by atoms with Crippen LogP contribution in [-0.2, 0) is 12.8 Å². The van der Waals surface area contributed by atoms with Gasteiger partial charge >= 0.3 is 0 Å². The summed E-state index contributed by atoms with van der Waals surface area (Å²) in [5, 5.41) is 8.08. The van der Waals surface area contributed by atoms with Crippen LogP contribution in [0, 0.1) is 13.8 Å². The molecule has 0 radical (unpaired) electrons. The van der Waals surface area contributed by atoms with Gasteiger partial charge in [-0.3, -0.25) is 4.68 Å². The van der Waals surface area contributed by atoms with Gasteiger partial charge in [0, 0.05) is 24.7 Å². The molecule has 3 heteroatoms. The lowest BCUT2D eigenvalue weighted by atomic mass is 9.99. The van der Waals surface area contributed by atoms with Gasteiger partial charge in [0.1, 0.15) is 0 Å². The molecule has 2 rings (SSSR count). The monoisotopic (exact) mass is 285 g/mol. The zero-order valence-corrected chi connectivity index (χ0v) is 13.9. The Morgan fingerprint density at radius 1 is 1.10 bits per heavy atom. The number of aryl methyl sites for hydroxylation is 2. The number of benzene rings is 1. The van der Waals surface area contributed by atoms with Gasteiger partial charge in [0.05, 0.1) is 5.69 Å².